The smallest absolute Gasteiger partial charge is 0.258 e. The summed E-state index contributed by atoms with van der Waals surface area (Å²) in [5, 5.41) is 7.61. The molecule has 0 saturated carbocycles. The summed E-state index contributed by atoms with van der Waals surface area (Å²) in [4.78, 5) is 27.6. The number of aryl methyl sites for hydroxylation is 3. The van der Waals surface area contributed by atoms with Crippen LogP contribution in [0, 0.1) is 19.8 Å². The lowest BCUT2D eigenvalue weighted by atomic mass is 10.00. The second-order valence-corrected chi connectivity index (χ2v) is 10.4. The van der Waals surface area contributed by atoms with Crippen molar-refractivity contribution in [2.45, 2.75) is 46.6 Å². The maximum atomic E-state index is 13.5. The van der Waals surface area contributed by atoms with Gasteiger partial charge in [-0.25, -0.2) is 4.98 Å². The lowest BCUT2D eigenvalue weighted by molar-refractivity contribution is 0.102. The molecule has 1 atom stereocenters. The maximum Gasteiger partial charge on any atom is 0.258 e. The summed E-state index contributed by atoms with van der Waals surface area (Å²) in [5.41, 5.74) is 9.20. The molecule has 1 aromatic carbocycles. The van der Waals surface area contributed by atoms with E-state index in [1.807, 2.05) is 62.2 Å². The lowest BCUT2D eigenvalue weighted by Crippen LogP contribution is -2.18. The molecule has 0 spiro atoms. The highest BCUT2D eigenvalue weighted by atomic mass is 16.1. The fourth-order valence-corrected chi connectivity index (χ4v) is 5.33. The molecule has 0 aliphatic carbocycles. The molecule has 2 bridgehead atoms. The van der Waals surface area contributed by atoms with Gasteiger partial charge in [0, 0.05) is 53.6 Å². The Kier molecular flexibility index (Phi) is 6.02. The summed E-state index contributed by atoms with van der Waals surface area (Å²) in [6.45, 7) is 6.91. The lowest BCUT2D eigenvalue weighted by Gasteiger charge is -2.17. The number of nitrogens with zero attached hydrogens (tertiary/aromatic N) is 6. The van der Waals surface area contributed by atoms with Gasteiger partial charge in [0.2, 0.25) is 5.95 Å². The van der Waals surface area contributed by atoms with E-state index in [0.717, 1.165) is 76.3 Å². The number of aromatic nitrogens is 6. The van der Waals surface area contributed by atoms with Crippen molar-refractivity contribution in [3.8, 4) is 22.4 Å². The van der Waals surface area contributed by atoms with Crippen molar-refractivity contribution >= 4 is 22.9 Å². The van der Waals surface area contributed by atoms with Crippen molar-refractivity contribution in [3.63, 3.8) is 0 Å². The standard InChI is InChI=1S/C30H31N7O/c1-18-6-5-7-27-24(16-32-36(27)4)26-13-23(12-20(3)33-26)29(38)35-30-34-25-11-10-21(14-28(25)37(30)17-18)22-9-8-19(2)31-15-22/h8-16,18H,5-7,17H2,1-4H3,(H,34,35,38)/t18-/m1/s1. The number of carbonyl (C=O) groups is 1. The van der Waals surface area contributed by atoms with Crippen LogP contribution in [0.3, 0.4) is 0 Å². The van der Waals surface area contributed by atoms with Crippen LogP contribution < -0.4 is 5.32 Å². The minimum atomic E-state index is -0.202. The van der Waals surface area contributed by atoms with E-state index in [4.69, 9.17) is 9.97 Å². The number of benzene rings is 1. The number of pyridine rings is 2. The Hall–Kier alpha value is -4.33. The molecule has 8 nitrogen and oxygen atoms in total. The first-order valence-corrected chi connectivity index (χ1v) is 13.1. The Morgan fingerprint density at radius 1 is 0.947 bits per heavy atom. The van der Waals surface area contributed by atoms with Crippen molar-refractivity contribution in [1.29, 1.82) is 0 Å². The summed E-state index contributed by atoms with van der Waals surface area (Å²) in [5.74, 6) is 0.739. The van der Waals surface area contributed by atoms with Gasteiger partial charge in [-0.15, -0.1) is 0 Å². The Balaban J connectivity index is 1.45. The van der Waals surface area contributed by atoms with Gasteiger partial charge in [-0.1, -0.05) is 19.1 Å². The molecule has 4 aromatic heterocycles. The Bertz CT molecular complexity index is 1660. The van der Waals surface area contributed by atoms with Gasteiger partial charge in [0.15, 0.2) is 0 Å². The molecule has 0 fully saturated rings. The molecule has 5 aromatic rings. The van der Waals surface area contributed by atoms with E-state index in [9.17, 15) is 4.79 Å². The van der Waals surface area contributed by atoms with Gasteiger partial charge < -0.3 is 4.57 Å². The SMILES string of the molecule is Cc1ccc(-c2ccc3nc4n(c3c2)C[C@H](C)CCCc2c(cnn2C)-c2cc(cc(C)n2)C(=O)N4)cn1. The zero-order valence-electron chi connectivity index (χ0n) is 22.2. The van der Waals surface area contributed by atoms with Crippen LogP contribution in [0.25, 0.3) is 33.4 Å². The largest absolute Gasteiger partial charge is 0.310 e. The van der Waals surface area contributed by atoms with E-state index in [2.05, 4.69) is 45.1 Å². The van der Waals surface area contributed by atoms with E-state index in [0.29, 0.717) is 17.4 Å². The molecule has 0 saturated heterocycles. The molecular weight excluding hydrogens is 474 g/mol. The molecule has 1 amide bonds. The number of hydrogen-bond acceptors (Lipinski definition) is 5. The highest BCUT2D eigenvalue weighted by Crippen LogP contribution is 2.30. The second kappa shape index (κ2) is 9.52. The molecule has 6 rings (SSSR count). The highest BCUT2D eigenvalue weighted by Gasteiger charge is 2.21. The molecule has 192 valence electrons. The quantitative estimate of drug-likeness (QED) is 0.314. The van der Waals surface area contributed by atoms with Gasteiger partial charge in [-0.05, 0) is 74.9 Å². The van der Waals surface area contributed by atoms with Gasteiger partial charge in [0.25, 0.3) is 5.91 Å². The molecule has 1 aliphatic rings. The Labute approximate surface area is 221 Å². The minimum Gasteiger partial charge on any atom is -0.310 e. The predicted molar refractivity (Wildman–Crippen MR) is 149 cm³/mol. The topological polar surface area (TPSA) is 90.5 Å². The van der Waals surface area contributed by atoms with E-state index in [1.54, 1.807) is 0 Å². The van der Waals surface area contributed by atoms with Gasteiger partial charge in [0.05, 0.1) is 22.9 Å². The Morgan fingerprint density at radius 2 is 1.79 bits per heavy atom. The fourth-order valence-electron chi connectivity index (χ4n) is 5.33. The summed E-state index contributed by atoms with van der Waals surface area (Å²) in [6.07, 6.45) is 6.72. The molecule has 0 unspecified atom stereocenters. The number of carbonyl (C=O) groups excluding carboxylic acids is 1. The van der Waals surface area contributed by atoms with Gasteiger partial charge >= 0.3 is 0 Å². The van der Waals surface area contributed by atoms with Crippen LogP contribution in [-0.2, 0) is 20.0 Å². The molecule has 38 heavy (non-hydrogen) atoms. The van der Waals surface area contributed by atoms with Crippen LogP contribution in [0.2, 0.25) is 0 Å². The number of rotatable bonds is 1. The normalized spacial score (nSPS) is 16.0. The van der Waals surface area contributed by atoms with E-state index >= 15 is 0 Å². The molecular formula is C30H31N7O. The minimum absolute atomic E-state index is 0.202. The van der Waals surface area contributed by atoms with Crippen LogP contribution in [0.5, 0.6) is 0 Å². The van der Waals surface area contributed by atoms with Crippen LogP contribution in [0.15, 0.2) is 54.9 Å². The van der Waals surface area contributed by atoms with Crippen LogP contribution in [0.1, 0.15) is 47.2 Å². The zero-order valence-corrected chi connectivity index (χ0v) is 22.2. The van der Waals surface area contributed by atoms with Gasteiger partial charge in [-0.3, -0.25) is 24.8 Å². The fraction of sp³-hybridized carbons (Fsp3) is 0.300. The third-order valence-corrected chi connectivity index (χ3v) is 7.38. The summed E-state index contributed by atoms with van der Waals surface area (Å²) < 4.78 is 4.08. The summed E-state index contributed by atoms with van der Waals surface area (Å²) in [7, 11) is 1.97. The highest BCUT2D eigenvalue weighted by molar-refractivity contribution is 6.05. The summed E-state index contributed by atoms with van der Waals surface area (Å²) >= 11 is 0. The van der Waals surface area contributed by atoms with Crippen molar-refractivity contribution in [2.24, 2.45) is 13.0 Å². The maximum absolute atomic E-state index is 13.5. The number of imidazole rings is 1. The van der Waals surface area contributed by atoms with Crippen LogP contribution >= 0.6 is 0 Å². The third-order valence-electron chi connectivity index (χ3n) is 7.38. The van der Waals surface area contributed by atoms with Crippen molar-refractivity contribution < 1.29 is 4.79 Å². The number of fused-ring (bicyclic) bond motifs is 7. The van der Waals surface area contributed by atoms with Crippen LogP contribution in [0.4, 0.5) is 5.95 Å². The van der Waals surface area contributed by atoms with E-state index in [-0.39, 0.29) is 5.91 Å². The van der Waals surface area contributed by atoms with E-state index < -0.39 is 0 Å². The number of anilines is 1. The third kappa shape index (κ3) is 4.47. The number of hydrogen-bond donors (Lipinski definition) is 1. The monoisotopic (exact) mass is 505 g/mol. The Morgan fingerprint density at radius 3 is 2.61 bits per heavy atom. The molecule has 5 heterocycles. The van der Waals surface area contributed by atoms with E-state index in [1.165, 1.54) is 0 Å². The average Bonchev–Trinajstić information content (AvgIpc) is 3.43. The number of amides is 1. The first kappa shape index (κ1) is 24.0. The first-order chi connectivity index (χ1) is 18.4. The average molecular weight is 506 g/mol. The summed E-state index contributed by atoms with van der Waals surface area (Å²) in [6, 6.07) is 14.0. The second-order valence-electron chi connectivity index (χ2n) is 10.4. The molecule has 0 radical (unpaired) electrons. The number of nitrogens with one attached hydrogen (secondary N) is 1. The molecule has 1 N–H and O–H groups in total. The van der Waals surface area contributed by atoms with Gasteiger partial charge in [0.1, 0.15) is 0 Å². The predicted octanol–water partition coefficient (Wildman–Crippen LogP) is 5.74. The zero-order chi connectivity index (χ0) is 26.4. The van der Waals surface area contributed by atoms with Crippen molar-refractivity contribution in [1.82, 2.24) is 29.3 Å². The molecule has 8 heteroatoms. The van der Waals surface area contributed by atoms with Crippen molar-refractivity contribution in [2.75, 3.05) is 5.32 Å². The van der Waals surface area contributed by atoms with Gasteiger partial charge in [-0.2, -0.15) is 5.10 Å². The first-order valence-electron chi connectivity index (χ1n) is 13.1. The van der Waals surface area contributed by atoms with Crippen LogP contribution in [-0.4, -0.2) is 35.2 Å². The van der Waals surface area contributed by atoms with Crippen molar-refractivity contribution in [3.05, 3.63) is 77.5 Å². The molecule has 1 aliphatic heterocycles.